The highest BCUT2D eigenvalue weighted by atomic mass is 15.1. The summed E-state index contributed by atoms with van der Waals surface area (Å²) >= 11 is 0. The van der Waals surface area contributed by atoms with Crippen molar-refractivity contribution in [3.8, 4) is 55.6 Å². The van der Waals surface area contributed by atoms with Crippen LogP contribution in [0.1, 0.15) is 5.48 Å². The molecule has 9 aromatic carbocycles. The van der Waals surface area contributed by atoms with Gasteiger partial charge in [-0.05, 0) is 121 Å². The molecule has 0 radical (unpaired) electrons. The molecule has 0 aliphatic heterocycles. The maximum absolute atomic E-state index is 9.33. The molecule has 0 aromatic heterocycles. The Balaban J connectivity index is 1.12. The van der Waals surface area contributed by atoms with E-state index in [0.29, 0.717) is 5.56 Å². The fourth-order valence-electron chi connectivity index (χ4n) is 6.94. The van der Waals surface area contributed by atoms with Crippen molar-refractivity contribution >= 4 is 27.8 Å². The largest absolute Gasteiger partial charge is 0.311 e. The minimum Gasteiger partial charge on any atom is -0.311 e. The first kappa shape index (κ1) is 27.7. The number of benzene rings is 9. The van der Waals surface area contributed by atoms with Gasteiger partial charge in [0.15, 0.2) is 0 Å². The molecular formula is C52H37N. The molecule has 9 rings (SSSR count). The molecule has 0 saturated heterocycles. The zero-order valence-electron chi connectivity index (χ0n) is 33.0. The van der Waals surface area contributed by atoms with Crippen LogP contribution < -0.4 is 4.90 Å². The minimum atomic E-state index is -0.110. The highest BCUT2D eigenvalue weighted by Gasteiger charge is 2.14. The monoisotopic (exact) mass is 679 g/mol. The first-order valence-electron chi connectivity index (χ1n) is 19.8. The number of hydrogen-bond donors (Lipinski definition) is 0. The third-order valence-electron chi connectivity index (χ3n) is 9.73. The summed E-state index contributed by atoms with van der Waals surface area (Å²) in [7, 11) is 0. The fraction of sp³-hybridized carbons (Fsp3) is 0. The van der Waals surface area contributed by atoms with E-state index in [1.54, 1.807) is 0 Å². The van der Waals surface area contributed by atoms with Gasteiger partial charge >= 0.3 is 0 Å². The van der Waals surface area contributed by atoms with Gasteiger partial charge in [-0.1, -0.05) is 170 Å². The van der Waals surface area contributed by atoms with Gasteiger partial charge in [0.1, 0.15) is 0 Å². The molecule has 1 nitrogen and oxygen atoms in total. The van der Waals surface area contributed by atoms with Crippen LogP contribution in [-0.4, -0.2) is 0 Å². The summed E-state index contributed by atoms with van der Waals surface area (Å²) in [6, 6.07) is 67.2. The molecule has 0 N–H and O–H groups in total. The van der Waals surface area contributed by atoms with E-state index < -0.39 is 0 Å². The highest BCUT2D eigenvalue weighted by molar-refractivity contribution is 5.88. The van der Waals surface area contributed by atoms with Crippen molar-refractivity contribution in [1.82, 2.24) is 0 Å². The summed E-state index contributed by atoms with van der Waals surface area (Å²) in [4.78, 5) is 1.84. The van der Waals surface area contributed by atoms with Crippen molar-refractivity contribution in [2.24, 2.45) is 0 Å². The van der Waals surface area contributed by atoms with E-state index in [-0.39, 0.29) is 35.4 Å². The summed E-state index contributed by atoms with van der Waals surface area (Å²) in [5, 5.41) is 2.41. The number of fused-ring (bicyclic) bond motifs is 1. The minimum absolute atomic E-state index is 0.0846. The van der Waals surface area contributed by atoms with E-state index in [4.69, 9.17) is 2.74 Å². The van der Waals surface area contributed by atoms with Crippen molar-refractivity contribution < 1.29 is 5.48 Å². The predicted octanol–water partition coefficient (Wildman–Crippen LogP) is 14.6. The predicted molar refractivity (Wildman–Crippen MR) is 226 cm³/mol. The Hall–Kier alpha value is -6.96. The summed E-state index contributed by atoms with van der Waals surface area (Å²) in [6.07, 6.45) is 0. The van der Waals surface area contributed by atoms with E-state index >= 15 is 0 Å². The van der Waals surface area contributed by atoms with E-state index in [1.165, 1.54) is 10.8 Å². The third kappa shape index (κ3) is 6.77. The maximum Gasteiger partial charge on any atom is 0.0645 e. The lowest BCUT2D eigenvalue weighted by Crippen LogP contribution is -2.09. The topological polar surface area (TPSA) is 3.24 Å². The molecule has 0 aliphatic rings. The molecule has 0 bridgehead atoms. The molecule has 53 heavy (non-hydrogen) atoms. The quantitative estimate of drug-likeness (QED) is 0.154. The summed E-state index contributed by atoms with van der Waals surface area (Å²) in [5.74, 6) is 0. The van der Waals surface area contributed by atoms with Crippen LogP contribution in [0, 0.1) is 0 Å². The average Bonchev–Trinajstić information content (AvgIpc) is 3.28. The Bertz CT molecular complexity index is 2840. The van der Waals surface area contributed by atoms with Gasteiger partial charge in [-0.3, -0.25) is 0 Å². The summed E-state index contributed by atoms with van der Waals surface area (Å²) in [5.41, 5.74) is 11.3. The molecule has 0 atom stereocenters. The Morgan fingerprint density at radius 2 is 0.623 bits per heavy atom. The van der Waals surface area contributed by atoms with Crippen LogP contribution in [0.3, 0.4) is 0 Å². The number of nitrogens with zero attached hydrogens (tertiary/aromatic N) is 1. The van der Waals surface area contributed by atoms with Gasteiger partial charge in [0, 0.05) is 17.1 Å². The van der Waals surface area contributed by atoms with Gasteiger partial charge < -0.3 is 4.90 Å². The molecule has 0 heterocycles. The lowest BCUT2D eigenvalue weighted by Gasteiger charge is -2.26. The molecular weight excluding hydrogens is 639 g/mol. The van der Waals surface area contributed by atoms with Gasteiger partial charge in [0.2, 0.25) is 0 Å². The SMILES string of the molecule is [2H]c1c([2H])c(N(c2ccc(-c3cccc(-c4ccccc4)c3)cc2)c2ccc(-c3cccc(-c4ccc5ccccc5c4)c3)cc2)c([2H])c([2H])c1-c1ccccc1. The molecule has 0 spiro atoms. The maximum atomic E-state index is 9.33. The Morgan fingerprint density at radius 1 is 0.245 bits per heavy atom. The standard InChI is InChI=1S/C52H37N/c1-3-11-38(12-4-1)41-23-29-50(30-24-41)53(51-31-25-42(26-32-51)46-18-9-17-45(35-46)39-13-5-2-6-14-39)52-33-27-43(28-34-52)47-19-10-20-48(36-47)49-22-21-40-15-7-8-16-44(40)37-49/h1-37H/i23D,24D,29D,30D. The van der Waals surface area contributed by atoms with E-state index in [9.17, 15) is 2.74 Å². The van der Waals surface area contributed by atoms with Gasteiger partial charge in [-0.2, -0.15) is 0 Å². The van der Waals surface area contributed by atoms with Crippen molar-refractivity contribution in [2.75, 3.05) is 4.90 Å². The lowest BCUT2D eigenvalue weighted by atomic mass is 9.97. The van der Waals surface area contributed by atoms with E-state index in [2.05, 4.69) is 115 Å². The number of anilines is 3. The van der Waals surface area contributed by atoms with Crippen molar-refractivity contribution in [2.45, 2.75) is 0 Å². The summed E-state index contributed by atoms with van der Waals surface area (Å²) < 4.78 is 36.9. The molecule has 0 amide bonds. The van der Waals surface area contributed by atoms with Crippen molar-refractivity contribution in [1.29, 1.82) is 0 Å². The Kier molecular flexibility index (Phi) is 7.50. The smallest absolute Gasteiger partial charge is 0.0645 e. The molecule has 9 aromatic rings. The van der Waals surface area contributed by atoms with Crippen LogP contribution in [0.4, 0.5) is 17.1 Å². The van der Waals surface area contributed by atoms with Crippen LogP contribution in [-0.2, 0) is 0 Å². The Labute approximate surface area is 317 Å². The number of rotatable bonds is 8. The second kappa shape index (κ2) is 14.3. The molecule has 0 saturated carbocycles. The van der Waals surface area contributed by atoms with Gasteiger partial charge in [0.05, 0.1) is 5.48 Å². The Morgan fingerprint density at radius 3 is 1.15 bits per heavy atom. The van der Waals surface area contributed by atoms with Crippen molar-refractivity contribution in [3.63, 3.8) is 0 Å². The molecule has 250 valence electrons. The van der Waals surface area contributed by atoms with Crippen LogP contribution in [0.25, 0.3) is 66.4 Å². The molecule has 0 aliphatic carbocycles. The van der Waals surface area contributed by atoms with Crippen LogP contribution in [0.5, 0.6) is 0 Å². The lowest BCUT2D eigenvalue weighted by molar-refractivity contribution is 1.28. The number of hydrogen-bond acceptors (Lipinski definition) is 1. The van der Waals surface area contributed by atoms with Crippen LogP contribution in [0.15, 0.2) is 224 Å². The molecule has 0 unspecified atom stereocenters. The zero-order valence-corrected chi connectivity index (χ0v) is 29.0. The zero-order chi connectivity index (χ0) is 38.9. The average molecular weight is 680 g/mol. The third-order valence-corrected chi connectivity index (χ3v) is 9.73. The van der Waals surface area contributed by atoms with Gasteiger partial charge in [-0.25, -0.2) is 0 Å². The van der Waals surface area contributed by atoms with Crippen molar-refractivity contribution in [3.05, 3.63) is 224 Å². The molecule has 0 fully saturated rings. The highest BCUT2D eigenvalue weighted by Crippen LogP contribution is 2.38. The fourth-order valence-corrected chi connectivity index (χ4v) is 6.94. The van der Waals surface area contributed by atoms with Crippen LogP contribution >= 0.6 is 0 Å². The van der Waals surface area contributed by atoms with Crippen LogP contribution in [0.2, 0.25) is 0 Å². The van der Waals surface area contributed by atoms with E-state index in [0.717, 1.165) is 55.9 Å². The first-order chi connectivity index (χ1) is 27.9. The molecule has 1 heteroatoms. The van der Waals surface area contributed by atoms with Gasteiger partial charge in [-0.15, -0.1) is 0 Å². The van der Waals surface area contributed by atoms with E-state index in [1.807, 2.05) is 89.8 Å². The second-order valence-electron chi connectivity index (χ2n) is 13.1. The summed E-state index contributed by atoms with van der Waals surface area (Å²) in [6.45, 7) is 0. The normalized spacial score (nSPS) is 12.1. The first-order valence-corrected chi connectivity index (χ1v) is 17.8. The second-order valence-corrected chi connectivity index (χ2v) is 13.1. The van der Waals surface area contributed by atoms with Gasteiger partial charge in [0.25, 0.3) is 0 Å².